The van der Waals surface area contributed by atoms with E-state index in [0.29, 0.717) is 13.0 Å². The molecule has 28 heavy (non-hydrogen) atoms. The molecule has 6 nitrogen and oxygen atoms in total. The van der Waals surface area contributed by atoms with Gasteiger partial charge in [-0.2, -0.15) is 0 Å². The highest BCUT2D eigenvalue weighted by Gasteiger charge is 2.16. The molecule has 0 saturated heterocycles. The molecule has 1 aromatic carbocycles. The molecule has 2 heterocycles. The Bertz CT molecular complexity index is 967. The van der Waals surface area contributed by atoms with Crippen molar-refractivity contribution in [2.75, 3.05) is 18.9 Å². The third kappa shape index (κ3) is 4.43. The minimum atomic E-state index is -1.58. The van der Waals surface area contributed by atoms with Gasteiger partial charge in [0.25, 0.3) is 5.91 Å². The topological polar surface area (TPSA) is 71.0 Å². The quantitative estimate of drug-likeness (QED) is 0.657. The van der Waals surface area contributed by atoms with Crippen molar-refractivity contribution in [3.63, 3.8) is 0 Å². The number of carbonyl (C=O) groups excluding carboxylic acids is 1. The average molecular weight is 387 g/mol. The Balaban J connectivity index is 1.63. The Hall–Kier alpha value is -3.49. The summed E-state index contributed by atoms with van der Waals surface area (Å²) in [5.74, 6) is -4.48. The molecular formula is C19H16F3N5O. The lowest BCUT2D eigenvalue weighted by Gasteiger charge is -2.16. The molecule has 0 bridgehead atoms. The fourth-order valence-corrected chi connectivity index (χ4v) is 2.41. The lowest BCUT2D eigenvalue weighted by molar-refractivity contribution is 0.0790. The maximum atomic E-state index is 13.7. The zero-order valence-corrected chi connectivity index (χ0v) is 14.9. The number of hydrogen-bond donors (Lipinski definition) is 1. The first-order valence-electron chi connectivity index (χ1n) is 8.32. The summed E-state index contributed by atoms with van der Waals surface area (Å²) < 4.78 is 39.9. The van der Waals surface area contributed by atoms with E-state index in [4.69, 9.17) is 0 Å². The van der Waals surface area contributed by atoms with Crippen LogP contribution in [0.4, 0.5) is 24.7 Å². The van der Waals surface area contributed by atoms with Crippen LogP contribution >= 0.6 is 0 Å². The van der Waals surface area contributed by atoms with E-state index in [9.17, 15) is 18.0 Å². The van der Waals surface area contributed by atoms with Crippen molar-refractivity contribution in [2.24, 2.45) is 0 Å². The van der Waals surface area contributed by atoms with Gasteiger partial charge in [-0.05, 0) is 36.2 Å². The molecule has 0 aliphatic carbocycles. The van der Waals surface area contributed by atoms with E-state index >= 15 is 0 Å². The fourth-order valence-electron chi connectivity index (χ4n) is 2.41. The van der Waals surface area contributed by atoms with Crippen molar-refractivity contribution in [3.8, 4) is 0 Å². The summed E-state index contributed by atoms with van der Waals surface area (Å²) in [6.07, 6.45) is 6.47. The van der Waals surface area contributed by atoms with Crippen molar-refractivity contribution in [1.29, 1.82) is 0 Å². The van der Waals surface area contributed by atoms with Crippen molar-refractivity contribution < 1.29 is 18.0 Å². The highest BCUT2D eigenvalue weighted by molar-refractivity contribution is 5.91. The highest BCUT2D eigenvalue weighted by atomic mass is 19.2. The van der Waals surface area contributed by atoms with Gasteiger partial charge in [0.2, 0.25) is 0 Å². The summed E-state index contributed by atoms with van der Waals surface area (Å²) in [7, 11) is 1.65. The lowest BCUT2D eigenvalue weighted by atomic mass is 10.2. The Morgan fingerprint density at radius 1 is 1.04 bits per heavy atom. The number of pyridine rings is 1. The average Bonchev–Trinajstić information content (AvgIpc) is 2.73. The van der Waals surface area contributed by atoms with E-state index in [2.05, 4.69) is 20.3 Å². The first-order valence-corrected chi connectivity index (χ1v) is 8.32. The SMILES string of the molecule is CN(CCc1ccncc1)C(=O)c1cnc(Nc2ccc(F)c(F)c2F)cn1. The third-order valence-corrected chi connectivity index (χ3v) is 4.00. The molecule has 144 valence electrons. The number of anilines is 2. The van der Waals surface area contributed by atoms with Crippen LogP contribution in [0.1, 0.15) is 16.1 Å². The number of carbonyl (C=O) groups is 1. The first-order chi connectivity index (χ1) is 13.5. The Morgan fingerprint density at radius 2 is 1.79 bits per heavy atom. The minimum Gasteiger partial charge on any atom is -0.340 e. The van der Waals surface area contributed by atoms with Gasteiger partial charge in [0.1, 0.15) is 11.5 Å². The zero-order valence-electron chi connectivity index (χ0n) is 14.9. The van der Waals surface area contributed by atoms with Crippen molar-refractivity contribution >= 4 is 17.4 Å². The van der Waals surface area contributed by atoms with Gasteiger partial charge in [0.15, 0.2) is 17.5 Å². The Kier molecular flexibility index (Phi) is 5.83. The molecular weight excluding hydrogens is 371 g/mol. The van der Waals surface area contributed by atoms with Crippen LogP contribution in [0.2, 0.25) is 0 Å². The molecule has 0 atom stereocenters. The molecule has 0 saturated carbocycles. The number of aromatic nitrogens is 3. The Labute approximate surface area is 159 Å². The van der Waals surface area contributed by atoms with Gasteiger partial charge in [-0.25, -0.2) is 23.1 Å². The molecule has 1 N–H and O–H groups in total. The number of rotatable bonds is 6. The second-order valence-electron chi connectivity index (χ2n) is 5.97. The molecule has 2 aromatic heterocycles. The Morgan fingerprint density at radius 3 is 2.46 bits per heavy atom. The molecule has 9 heteroatoms. The smallest absolute Gasteiger partial charge is 0.273 e. The largest absolute Gasteiger partial charge is 0.340 e. The zero-order chi connectivity index (χ0) is 20.1. The van der Waals surface area contributed by atoms with Gasteiger partial charge in [0, 0.05) is 26.0 Å². The van der Waals surface area contributed by atoms with Gasteiger partial charge in [-0.3, -0.25) is 9.78 Å². The number of hydrogen-bond acceptors (Lipinski definition) is 5. The van der Waals surface area contributed by atoms with Crippen LogP contribution in [-0.4, -0.2) is 39.4 Å². The molecule has 3 aromatic rings. The molecule has 0 unspecified atom stereocenters. The molecule has 0 fully saturated rings. The van der Waals surface area contributed by atoms with E-state index in [0.717, 1.165) is 17.7 Å². The van der Waals surface area contributed by atoms with Crippen molar-refractivity contribution in [3.05, 3.63) is 77.8 Å². The number of nitrogens with one attached hydrogen (secondary N) is 1. The van der Waals surface area contributed by atoms with Gasteiger partial charge in [0.05, 0.1) is 18.1 Å². The monoisotopic (exact) mass is 387 g/mol. The summed E-state index contributed by atoms with van der Waals surface area (Å²) >= 11 is 0. The van der Waals surface area contributed by atoms with E-state index < -0.39 is 17.5 Å². The molecule has 0 aliphatic rings. The summed E-state index contributed by atoms with van der Waals surface area (Å²) in [5.41, 5.74) is 0.865. The summed E-state index contributed by atoms with van der Waals surface area (Å²) in [4.78, 5) is 25.8. The van der Waals surface area contributed by atoms with E-state index in [-0.39, 0.29) is 23.1 Å². The molecule has 0 spiro atoms. The van der Waals surface area contributed by atoms with Crippen LogP contribution in [0.5, 0.6) is 0 Å². The van der Waals surface area contributed by atoms with Crippen LogP contribution in [0.3, 0.4) is 0 Å². The summed E-state index contributed by atoms with van der Waals surface area (Å²) in [6, 6.07) is 5.58. The number of amides is 1. The number of halogens is 3. The maximum Gasteiger partial charge on any atom is 0.273 e. The summed E-state index contributed by atoms with van der Waals surface area (Å²) in [6.45, 7) is 0.477. The van der Waals surface area contributed by atoms with E-state index in [1.54, 1.807) is 19.4 Å². The second-order valence-corrected chi connectivity index (χ2v) is 5.97. The predicted molar refractivity (Wildman–Crippen MR) is 96.5 cm³/mol. The number of nitrogens with zero attached hydrogens (tertiary/aromatic N) is 4. The van der Waals surface area contributed by atoms with Crippen LogP contribution in [0.15, 0.2) is 49.1 Å². The maximum absolute atomic E-state index is 13.7. The van der Waals surface area contributed by atoms with Crippen LogP contribution < -0.4 is 5.32 Å². The molecule has 3 rings (SSSR count). The van der Waals surface area contributed by atoms with Gasteiger partial charge >= 0.3 is 0 Å². The van der Waals surface area contributed by atoms with E-state index in [1.165, 1.54) is 17.3 Å². The number of benzene rings is 1. The second kappa shape index (κ2) is 8.47. The van der Waals surface area contributed by atoms with Crippen LogP contribution in [0, 0.1) is 17.5 Å². The predicted octanol–water partition coefficient (Wildman–Crippen LogP) is 3.35. The van der Waals surface area contributed by atoms with Gasteiger partial charge in [-0.15, -0.1) is 0 Å². The van der Waals surface area contributed by atoms with Gasteiger partial charge < -0.3 is 10.2 Å². The van der Waals surface area contributed by atoms with Crippen molar-refractivity contribution in [2.45, 2.75) is 6.42 Å². The summed E-state index contributed by atoms with van der Waals surface area (Å²) in [5, 5.41) is 2.50. The van der Waals surface area contributed by atoms with Crippen molar-refractivity contribution in [1.82, 2.24) is 19.9 Å². The van der Waals surface area contributed by atoms with Crippen LogP contribution in [0.25, 0.3) is 0 Å². The normalized spacial score (nSPS) is 10.6. The molecule has 0 radical (unpaired) electrons. The molecule has 0 aliphatic heterocycles. The van der Waals surface area contributed by atoms with Crippen LogP contribution in [-0.2, 0) is 6.42 Å². The number of likely N-dealkylation sites (N-methyl/N-ethyl adjacent to an activating group) is 1. The lowest BCUT2D eigenvalue weighted by Crippen LogP contribution is -2.29. The minimum absolute atomic E-state index is 0.0842. The standard InChI is InChI=1S/C19H16F3N5O/c1-27(9-6-12-4-7-23-8-5-12)19(28)15-10-25-16(11-24-15)26-14-3-2-13(20)17(21)18(14)22/h2-5,7-8,10-11H,6,9H2,1H3,(H,25,26). The molecule has 1 amide bonds. The van der Waals surface area contributed by atoms with Gasteiger partial charge in [-0.1, -0.05) is 0 Å². The third-order valence-electron chi connectivity index (χ3n) is 4.00. The van der Waals surface area contributed by atoms with E-state index in [1.807, 2.05) is 12.1 Å². The highest BCUT2D eigenvalue weighted by Crippen LogP contribution is 2.22. The fraction of sp³-hybridized carbons (Fsp3) is 0.158. The first kappa shape index (κ1) is 19.3.